The average molecular weight is 203 g/mol. The van der Waals surface area contributed by atoms with Crippen LogP contribution in [0.1, 0.15) is 6.92 Å². The van der Waals surface area contributed by atoms with Crippen molar-refractivity contribution in [3.63, 3.8) is 0 Å². The van der Waals surface area contributed by atoms with Gasteiger partial charge in [-0.2, -0.15) is 11.8 Å². The highest BCUT2D eigenvalue weighted by Gasteiger charge is 1.95. The van der Waals surface area contributed by atoms with Gasteiger partial charge < -0.3 is 10.4 Å². The minimum absolute atomic E-state index is 0.362. The number of rotatable bonds is 6. The zero-order chi connectivity index (χ0) is 10.1. The van der Waals surface area contributed by atoms with Crippen molar-refractivity contribution in [3.8, 4) is 0 Å². The number of carboxylic acid groups (broad SMARTS) is 1. The Labute approximate surface area is 81.4 Å². The van der Waals surface area contributed by atoms with Gasteiger partial charge in [-0.25, -0.2) is 4.79 Å². The van der Waals surface area contributed by atoms with Crippen molar-refractivity contribution in [2.24, 2.45) is 0 Å². The molecule has 0 aliphatic heterocycles. The van der Waals surface area contributed by atoms with Crippen LogP contribution in [0, 0.1) is 0 Å². The summed E-state index contributed by atoms with van der Waals surface area (Å²) in [5, 5.41) is 10.8. The van der Waals surface area contributed by atoms with E-state index in [0.29, 0.717) is 6.54 Å². The van der Waals surface area contributed by atoms with Crippen LogP contribution in [0.15, 0.2) is 12.2 Å². The SMILES string of the molecule is CCSCCNC(=O)C=CC(=O)O. The lowest BCUT2D eigenvalue weighted by atomic mass is 10.4. The number of amides is 1. The maximum Gasteiger partial charge on any atom is 0.328 e. The van der Waals surface area contributed by atoms with E-state index < -0.39 is 5.97 Å². The highest BCUT2D eigenvalue weighted by Crippen LogP contribution is 1.94. The summed E-state index contributed by atoms with van der Waals surface area (Å²) in [7, 11) is 0. The molecule has 0 aromatic heterocycles. The first-order valence-corrected chi connectivity index (χ1v) is 5.09. The van der Waals surface area contributed by atoms with Gasteiger partial charge in [-0.1, -0.05) is 6.92 Å². The summed E-state index contributed by atoms with van der Waals surface area (Å²) in [6.07, 6.45) is 1.83. The molecule has 0 rings (SSSR count). The summed E-state index contributed by atoms with van der Waals surface area (Å²) in [4.78, 5) is 20.8. The van der Waals surface area contributed by atoms with Gasteiger partial charge >= 0.3 is 5.97 Å². The molecule has 0 aliphatic rings. The maximum atomic E-state index is 10.8. The summed E-state index contributed by atoms with van der Waals surface area (Å²) in [5.74, 6) is 0.390. The Balaban J connectivity index is 3.46. The molecule has 5 heteroatoms. The Morgan fingerprint density at radius 1 is 1.46 bits per heavy atom. The quantitative estimate of drug-likeness (QED) is 0.487. The molecule has 4 nitrogen and oxygen atoms in total. The highest BCUT2D eigenvalue weighted by atomic mass is 32.2. The smallest absolute Gasteiger partial charge is 0.328 e. The van der Waals surface area contributed by atoms with Crippen molar-refractivity contribution >= 4 is 23.6 Å². The van der Waals surface area contributed by atoms with Crippen LogP contribution in [0.4, 0.5) is 0 Å². The van der Waals surface area contributed by atoms with Crippen LogP contribution in [-0.4, -0.2) is 35.0 Å². The largest absolute Gasteiger partial charge is 0.478 e. The fraction of sp³-hybridized carbons (Fsp3) is 0.500. The summed E-state index contributed by atoms with van der Waals surface area (Å²) >= 11 is 1.72. The Hall–Kier alpha value is -0.970. The predicted octanol–water partition coefficient (Wildman–Crippen LogP) is 0.496. The molecule has 74 valence electrons. The van der Waals surface area contributed by atoms with Crippen molar-refractivity contribution in [2.45, 2.75) is 6.92 Å². The minimum atomic E-state index is -1.11. The molecule has 0 radical (unpaired) electrons. The van der Waals surface area contributed by atoms with Crippen LogP contribution in [0.2, 0.25) is 0 Å². The maximum absolute atomic E-state index is 10.8. The standard InChI is InChI=1S/C8H13NO3S/c1-2-13-6-5-9-7(10)3-4-8(11)12/h3-4H,2,5-6H2,1H3,(H,9,10)(H,11,12). The molecule has 0 fully saturated rings. The number of aliphatic carboxylic acids is 1. The van der Waals surface area contributed by atoms with Gasteiger partial charge in [-0.05, 0) is 5.75 Å². The second-order valence-electron chi connectivity index (χ2n) is 2.16. The monoisotopic (exact) mass is 203 g/mol. The third-order valence-corrected chi connectivity index (χ3v) is 2.03. The number of thioether (sulfide) groups is 1. The average Bonchev–Trinajstić information content (AvgIpc) is 2.09. The van der Waals surface area contributed by atoms with Gasteiger partial charge in [0.25, 0.3) is 0 Å². The minimum Gasteiger partial charge on any atom is -0.478 e. The molecule has 0 aromatic rings. The van der Waals surface area contributed by atoms with Gasteiger partial charge in [-0.15, -0.1) is 0 Å². The molecule has 0 saturated carbocycles. The molecule has 0 aliphatic carbocycles. The highest BCUT2D eigenvalue weighted by molar-refractivity contribution is 7.99. The molecule has 0 spiro atoms. The molecule has 0 bridgehead atoms. The lowest BCUT2D eigenvalue weighted by molar-refractivity contribution is -0.131. The van der Waals surface area contributed by atoms with Crippen LogP contribution in [0.3, 0.4) is 0 Å². The van der Waals surface area contributed by atoms with Crippen molar-refractivity contribution in [1.29, 1.82) is 0 Å². The van der Waals surface area contributed by atoms with Gasteiger partial charge in [0.1, 0.15) is 0 Å². The van der Waals surface area contributed by atoms with Crippen LogP contribution in [0.5, 0.6) is 0 Å². The topological polar surface area (TPSA) is 66.4 Å². The van der Waals surface area contributed by atoms with Gasteiger partial charge in [0.2, 0.25) is 5.91 Å². The van der Waals surface area contributed by atoms with E-state index in [1.807, 2.05) is 6.92 Å². The number of carboxylic acids is 1. The van der Waals surface area contributed by atoms with E-state index in [1.165, 1.54) is 0 Å². The van der Waals surface area contributed by atoms with E-state index in [9.17, 15) is 9.59 Å². The van der Waals surface area contributed by atoms with E-state index in [0.717, 1.165) is 23.7 Å². The number of hydrogen-bond donors (Lipinski definition) is 2. The summed E-state index contributed by atoms with van der Waals surface area (Å²) in [6, 6.07) is 0. The second kappa shape index (κ2) is 7.67. The first-order chi connectivity index (χ1) is 6.16. The fourth-order valence-corrected chi connectivity index (χ4v) is 1.13. The molecule has 0 atom stereocenters. The summed E-state index contributed by atoms with van der Waals surface area (Å²) in [5.41, 5.74) is 0. The number of hydrogen-bond acceptors (Lipinski definition) is 3. The molecular formula is C8H13NO3S. The molecule has 0 heterocycles. The van der Waals surface area contributed by atoms with Crippen LogP contribution < -0.4 is 5.32 Å². The second-order valence-corrected chi connectivity index (χ2v) is 3.55. The van der Waals surface area contributed by atoms with E-state index >= 15 is 0 Å². The van der Waals surface area contributed by atoms with E-state index in [4.69, 9.17) is 5.11 Å². The predicted molar refractivity (Wildman–Crippen MR) is 52.8 cm³/mol. The molecule has 1 amide bonds. The fourth-order valence-electron chi connectivity index (χ4n) is 0.597. The molecule has 0 unspecified atom stereocenters. The van der Waals surface area contributed by atoms with Crippen molar-refractivity contribution in [1.82, 2.24) is 5.32 Å². The number of nitrogens with one attached hydrogen (secondary N) is 1. The van der Waals surface area contributed by atoms with Crippen molar-refractivity contribution in [3.05, 3.63) is 12.2 Å². The lowest BCUT2D eigenvalue weighted by Crippen LogP contribution is -2.23. The van der Waals surface area contributed by atoms with E-state index in [-0.39, 0.29) is 5.91 Å². The lowest BCUT2D eigenvalue weighted by Gasteiger charge is -1.99. The number of carbonyl (C=O) groups is 2. The molecular weight excluding hydrogens is 190 g/mol. The molecule has 0 saturated heterocycles. The van der Waals surface area contributed by atoms with E-state index in [1.54, 1.807) is 11.8 Å². The Morgan fingerprint density at radius 3 is 2.69 bits per heavy atom. The number of carbonyl (C=O) groups excluding carboxylic acids is 1. The van der Waals surface area contributed by atoms with Crippen LogP contribution in [0.25, 0.3) is 0 Å². The molecule has 0 aromatic carbocycles. The Morgan fingerprint density at radius 2 is 2.15 bits per heavy atom. The molecule has 2 N–H and O–H groups in total. The van der Waals surface area contributed by atoms with Crippen molar-refractivity contribution in [2.75, 3.05) is 18.1 Å². The van der Waals surface area contributed by atoms with Crippen LogP contribution in [-0.2, 0) is 9.59 Å². The first-order valence-electron chi connectivity index (χ1n) is 3.93. The van der Waals surface area contributed by atoms with Gasteiger partial charge in [0, 0.05) is 24.4 Å². The van der Waals surface area contributed by atoms with E-state index in [2.05, 4.69) is 5.32 Å². The third kappa shape index (κ3) is 8.94. The summed E-state index contributed by atoms with van der Waals surface area (Å²) < 4.78 is 0. The van der Waals surface area contributed by atoms with Gasteiger partial charge in [0.15, 0.2) is 0 Å². The van der Waals surface area contributed by atoms with Gasteiger partial charge in [-0.3, -0.25) is 4.79 Å². The normalized spacial score (nSPS) is 10.2. The zero-order valence-electron chi connectivity index (χ0n) is 7.45. The Bertz CT molecular complexity index is 204. The molecule has 13 heavy (non-hydrogen) atoms. The Kier molecular flexibility index (Phi) is 7.10. The van der Waals surface area contributed by atoms with Crippen molar-refractivity contribution < 1.29 is 14.7 Å². The third-order valence-electron chi connectivity index (χ3n) is 1.13. The van der Waals surface area contributed by atoms with Gasteiger partial charge in [0.05, 0.1) is 0 Å². The summed E-state index contributed by atoms with van der Waals surface area (Å²) in [6.45, 7) is 2.61. The zero-order valence-corrected chi connectivity index (χ0v) is 8.26. The first kappa shape index (κ1) is 12.0. The van der Waals surface area contributed by atoms with Crippen LogP contribution >= 0.6 is 11.8 Å².